The number of carbonyl (C=O) groups is 1. The average Bonchev–Trinajstić information content (AvgIpc) is 2.68. The quantitative estimate of drug-likeness (QED) is 0.768. The monoisotopic (exact) mass is 358 g/mol. The number of amides is 1. The van der Waals surface area contributed by atoms with Crippen LogP contribution in [0.25, 0.3) is 0 Å². The van der Waals surface area contributed by atoms with Gasteiger partial charge >= 0.3 is 0 Å². The van der Waals surface area contributed by atoms with Crippen molar-refractivity contribution in [3.8, 4) is 0 Å². The molecular weight excluding hydrogens is 336 g/mol. The van der Waals surface area contributed by atoms with Crippen LogP contribution in [0.2, 0.25) is 0 Å². The van der Waals surface area contributed by atoms with E-state index in [0.29, 0.717) is 24.7 Å². The van der Waals surface area contributed by atoms with Gasteiger partial charge in [0.15, 0.2) is 0 Å². The van der Waals surface area contributed by atoms with Crippen molar-refractivity contribution in [2.24, 2.45) is 0 Å². The largest absolute Gasteiger partial charge is 0.333 e. The van der Waals surface area contributed by atoms with E-state index in [2.05, 4.69) is 27.4 Å². The summed E-state index contributed by atoms with van der Waals surface area (Å²) in [5.74, 6) is 0.396. The summed E-state index contributed by atoms with van der Waals surface area (Å²) in [6, 6.07) is 18.0. The number of benzene rings is 2. The van der Waals surface area contributed by atoms with E-state index in [4.69, 9.17) is 0 Å². The van der Waals surface area contributed by atoms with Crippen LogP contribution in [0, 0.1) is 13.8 Å². The Morgan fingerprint density at radius 3 is 2.56 bits per heavy atom. The zero-order valence-corrected chi connectivity index (χ0v) is 15.6. The smallest absolute Gasteiger partial charge is 0.272 e. The van der Waals surface area contributed by atoms with Gasteiger partial charge in [-0.3, -0.25) is 4.79 Å². The molecule has 4 rings (SSSR count). The minimum atomic E-state index is -0.0529. The van der Waals surface area contributed by atoms with Gasteiger partial charge in [-0.2, -0.15) is 0 Å². The SMILES string of the molecule is Cc1cc(C(=O)N2CCc3ccccc3C2)nc(Nc2ccccc2C)n1. The van der Waals surface area contributed by atoms with Crippen molar-refractivity contribution in [1.29, 1.82) is 0 Å². The van der Waals surface area contributed by atoms with Gasteiger partial charge in [-0.05, 0) is 49.1 Å². The van der Waals surface area contributed by atoms with Crippen molar-refractivity contribution in [2.75, 3.05) is 11.9 Å². The first kappa shape index (κ1) is 17.2. The van der Waals surface area contributed by atoms with Crippen LogP contribution in [0.5, 0.6) is 0 Å². The summed E-state index contributed by atoms with van der Waals surface area (Å²) >= 11 is 0. The standard InChI is InChI=1S/C22H22N4O/c1-15-7-3-6-10-19(15)24-22-23-16(2)13-20(25-22)21(27)26-12-11-17-8-4-5-9-18(17)14-26/h3-10,13H,11-12,14H2,1-2H3,(H,23,24,25). The van der Waals surface area contributed by atoms with Gasteiger partial charge in [-0.1, -0.05) is 42.5 Å². The van der Waals surface area contributed by atoms with E-state index in [1.807, 2.05) is 55.1 Å². The van der Waals surface area contributed by atoms with E-state index in [1.165, 1.54) is 11.1 Å². The Bertz CT molecular complexity index is 999. The minimum absolute atomic E-state index is 0.0529. The molecule has 0 spiro atoms. The Hall–Kier alpha value is -3.21. The molecule has 0 aliphatic carbocycles. The van der Waals surface area contributed by atoms with Crippen LogP contribution in [0.4, 0.5) is 11.6 Å². The lowest BCUT2D eigenvalue weighted by molar-refractivity contribution is 0.0728. The summed E-state index contributed by atoms with van der Waals surface area (Å²) in [4.78, 5) is 23.8. The first-order valence-electron chi connectivity index (χ1n) is 9.14. The number of aryl methyl sites for hydroxylation is 2. The molecule has 3 aromatic rings. The molecule has 0 saturated carbocycles. The minimum Gasteiger partial charge on any atom is -0.333 e. The van der Waals surface area contributed by atoms with Crippen molar-refractivity contribution < 1.29 is 4.79 Å². The van der Waals surface area contributed by atoms with Gasteiger partial charge in [0.1, 0.15) is 5.69 Å². The molecule has 5 nitrogen and oxygen atoms in total. The third-order valence-corrected chi connectivity index (χ3v) is 4.88. The molecule has 0 unspecified atom stereocenters. The van der Waals surface area contributed by atoms with Gasteiger partial charge in [0.25, 0.3) is 5.91 Å². The van der Waals surface area contributed by atoms with Crippen molar-refractivity contribution in [2.45, 2.75) is 26.8 Å². The summed E-state index contributed by atoms with van der Waals surface area (Å²) < 4.78 is 0. The molecule has 2 aromatic carbocycles. The van der Waals surface area contributed by atoms with Crippen LogP contribution in [0.1, 0.15) is 32.9 Å². The van der Waals surface area contributed by atoms with Gasteiger partial charge in [0, 0.05) is 24.5 Å². The first-order chi connectivity index (χ1) is 13.1. The van der Waals surface area contributed by atoms with Gasteiger partial charge in [-0.25, -0.2) is 9.97 Å². The maximum absolute atomic E-state index is 13.0. The van der Waals surface area contributed by atoms with Crippen molar-refractivity contribution >= 4 is 17.5 Å². The molecule has 1 aromatic heterocycles. The van der Waals surface area contributed by atoms with Crippen LogP contribution in [-0.2, 0) is 13.0 Å². The maximum Gasteiger partial charge on any atom is 0.272 e. The van der Waals surface area contributed by atoms with Crippen molar-refractivity contribution in [3.05, 3.63) is 82.7 Å². The van der Waals surface area contributed by atoms with Crippen molar-refractivity contribution in [1.82, 2.24) is 14.9 Å². The Balaban J connectivity index is 1.58. The van der Waals surface area contributed by atoms with Gasteiger partial charge in [-0.15, -0.1) is 0 Å². The van der Waals surface area contributed by atoms with Gasteiger partial charge < -0.3 is 10.2 Å². The Labute approximate surface area is 159 Å². The highest BCUT2D eigenvalue weighted by molar-refractivity contribution is 5.93. The molecule has 1 aliphatic heterocycles. The lowest BCUT2D eigenvalue weighted by Crippen LogP contribution is -2.36. The summed E-state index contributed by atoms with van der Waals surface area (Å²) in [5.41, 5.74) is 5.76. The topological polar surface area (TPSA) is 58.1 Å². The van der Waals surface area contributed by atoms with E-state index in [1.54, 1.807) is 6.07 Å². The zero-order valence-electron chi connectivity index (χ0n) is 15.6. The highest BCUT2D eigenvalue weighted by atomic mass is 16.2. The van der Waals surface area contributed by atoms with Crippen molar-refractivity contribution in [3.63, 3.8) is 0 Å². The molecule has 1 amide bonds. The van der Waals surface area contributed by atoms with Gasteiger partial charge in [0.2, 0.25) is 5.95 Å². The lowest BCUT2D eigenvalue weighted by atomic mass is 10.00. The highest BCUT2D eigenvalue weighted by Gasteiger charge is 2.23. The molecule has 27 heavy (non-hydrogen) atoms. The summed E-state index contributed by atoms with van der Waals surface area (Å²) in [5, 5.41) is 3.23. The Kier molecular flexibility index (Phi) is 4.59. The molecule has 0 fully saturated rings. The molecule has 0 atom stereocenters. The average molecular weight is 358 g/mol. The van der Waals surface area contributed by atoms with Crippen LogP contribution in [-0.4, -0.2) is 27.3 Å². The first-order valence-corrected chi connectivity index (χ1v) is 9.14. The number of para-hydroxylation sites is 1. The van der Waals surface area contributed by atoms with Crippen LogP contribution in [0.15, 0.2) is 54.6 Å². The number of anilines is 2. The fourth-order valence-corrected chi connectivity index (χ4v) is 3.40. The van der Waals surface area contributed by atoms with E-state index >= 15 is 0 Å². The predicted molar refractivity (Wildman–Crippen MR) is 106 cm³/mol. The van der Waals surface area contributed by atoms with E-state index in [0.717, 1.165) is 23.4 Å². The Morgan fingerprint density at radius 1 is 1.00 bits per heavy atom. The van der Waals surface area contributed by atoms with Crippen LogP contribution in [0.3, 0.4) is 0 Å². The number of nitrogens with one attached hydrogen (secondary N) is 1. The fraction of sp³-hybridized carbons (Fsp3) is 0.227. The predicted octanol–water partition coefficient (Wildman–Crippen LogP) is 4.04. The number of hydrogen-bond donors (Lipinski definition) is 1. The molecule has 2 heterocycles. The summed E-state index contributed by atoms with van der Waals surface area (Å²) in [7, 11) is 0. The second-order valence-electron chi connectivity index (χ2n) is 6.90. The third kappa shape index (κ3) is 3.67. The molecule has 0 radical (unpaired) electrons. The number of carbonyl (C=O) groups excluding carboxylic acids is 1. The number of fused-ring (bicyclic) bond motifs is 1. The summed E-state index contributed by atoms with van der Waals surface area (Å²) in [6.07, 6.45) is 0.875. The molecule has 1 N–H and O–H groups in total. The molecule has 0 saturated heterocycles. The van der Waals surface area contributed by atoms with Crippen LogP contribution >= 0.6 is 0 Å². The molecular formula is C22H22N4O. The number of nitrogens with zero attached hydrogens (tertiary/aromatic N) is 3. The third-order valence-electron chi connectivity index (χ3n) is 4.88. The fourth-order valence-electron chi connectivity index (χ4n) is 3.40. The molecule has 0 bridgehead atoms. The van der Waals surface area contributed by atoms with E-state index in [-0.39, 0.29) is 5.91 Å². The van der Waals surface area contributed by atoms with Crippen LogP contribution < -0.4 is 5.32 Å². The van der Waals surface area contributed by atoms with Gasteiger partial charge in [0.05, 0.1) is 0 Å². The van der Waals surface area contributed by atoms with E-state index in [9.17, 15) is 4.79 Å². The maximum atomic E-state index is 13.0. The second-order valence-corrected chi connectivity index (χ2v) is 6.90. The summed E-state index contributed by atoms with van der Waals surface area (Å²) in [6.45, 7) is 5.24. The second kappa shape index (κ2) is 7.19. The Morgan fingerprint density at radius 2 is 1.74 bits per heavy atom. The van der Waals surface area contributed by atoms with E-state index < -0.39 is 0 Å². The lowest BCUT2D eigenvalue weighted by Gasteiger charge is -2.28. The number of aromatic nitrogens is 2. The molecule has 5 heteroatoms. The zero-order chi connectivity index (χ0) is 18.8. The molecule has 1 aliphatic rings. The number of hydrogen-bond acceptors (Lipinski definition) is 4. The number of rotatable bonds is 3. The highest BCUT2D eigenvalue weighted by Crippen LogP contribution is 2.22. The molecule has 136 valence electrons. The normalized spacial score (nSPS) is 13.2.